The summed E-state index contributed by atoms with van der Waals surface area (Å²) in [4.78, 5) is 2.80. The average Bonchev–Trinajstić information content (AvgIpc) is 2.86. The number of hydrogen-bond acceptors (Lipinski definition) is 2. The third kappa shape index (κ3) is 3.58. The van der Waals surface area contributed by atoms with Gasteiger partial charge in [-0.25, -0.2) is 0 Å². The lowest BCUT2D eigenvalue weighted by molar-refractivity contribution is 0.0741. The molecule has 1 aliphatic carbocycles. The quantitative estimate of drug-likeness (QED) is 0.836. The maximum Gasteiger partial charge on any atom is 0.0616 e. The minimum atomic E-state index is -0.119. The van der Waals surface area contributed by atoms with E-state index in [0.717, 1.165) is 18.8 Å². The van der Waals surface area contributed by atoms with Crippen molar-refractivity contribution in [3.8, 4) is 0 Å². The molecule has 0 aromatic carbocycles. The molecule has 0 saturated heterocycles. The van der Waals surface area contributed by atoms with Gasteiger partial charge in [-0.2, -0.15) is 0 Å². The highest BCUT2D eigenvalue weighted by atomic mass is 32.1. The Hall–Kier alpha value is -0.340. The molecule has 1 unspecified atom stereocenters. The molecule has 0 aliphatic heterocycles. The van der Waals surface area contributed by atoms with Gasteiger partial charge in [0.1, 0.15) is 0 Å². The van der Waals surface area contributed by atoms with Crippen LogP contribution in [-0.2, 0) is 12.8 Å². The van der Waals surface area contributed by atoms with Gasteiger partial charge in [0.25, 0.3) is 0 Å². The maximum atomic E-state index is 10.4. The van der Waals surface area contributed by atoms with Crippen molar-refractivity contribution in [2.75, 3.05) is 0 Å². The fourth-order valence-corrected chi connectivity index (χ4v) is 4.08. The van der Waals surface area contributed by atoms with Crippen molar-refractivity contribution < 1.29 is 5.11 Å². The molecule has 1 heterocycles. The zero-order chi connectivity index (χ0) is 13.0. The van der Waals surface area contributed by atoms with Crippen molar-refractivity contribution in [2.45, 2.75) is 64.9 Å². The van der Waals surface area contributed by atoms with Crippen molar-refractivity contribution in [1.29, 1.82) is 0 Å². The molecule has 0 bridgehead atoms. The van der Waals surface area contributed by atoms with Gasteiger partial charge in [-0.05, 0) is 43.2 Å². The number of aryl methyl sites for hydroxylation is 1. The SMILES string of the molecule is CCc1ccc(CC(O)C2CCC(CC)CC2)s1. The summed E-state index contributed by atoms with van der Waals surface area (Å²) >= 11 is 1.87. The van der Waals surface area contributed by atoms with Crippen LogP contribution in [0.3, 0.4) is 0 Å². The molecule has 1 saturated carbocycles. The van der Waals surface area contributed by atoms with Gasteiger partial charge in [0, 0.05) is 16.2 Å². The Kier molecular flexibility index (Phi) is 5.25. The number of rotatable bonds is 5. The van der Waals surface area contributed by atoms with Crippen molar-refractivity contribution in [2.24, 2.45) is 11.8 Å². The van der Waals surface area contributed by atoms with Crippen LogP contribution in [0.1, 0.15) is 55.7 Å². The molecule has 1 fully saturated rings. The standard InChI is InChI=1S/C16H26OS/c1-3-12-5-7-13(8-6-12)16(17)11-15-10-9-14(4-2)18-15/h9-10,12-13,16-17H,3-8,11H2,1-2H3. The summed E-state index contributed by atoms with van der Waals surface area (Å²) in [6.07, 6.45) is 8.27. The molecule has 2 heteroatoms. The Bertz CT molecular complexity index is 350. The monoisotopic (exact) mass is 266 g/mol. The third-order valence-corrected chi connectivity index (χ3v) is 5.74. The van der Waals surface area contributed by atoms with Gasteiger partial charge in [-0.15, -0.1) is 11.3 Å². The van der Waals surface area contributed by atoms with Crippen LogP contribution in [0, 0.1) is 11.8 Å². The molecule has 1 N–H and O–H groups in total. The second-order valence-electron chi connectivity index (χ2n) is 5.68. The summed E-state index contributed by atoms with van der Waals surface area (Å²) in [5.74, 6) is 1.46. The molecule has 18 heavy (non-hydrogen) atoms. The first-order chi connectivity index (χ1) is 8.72. The Labute approximate surface area is 115 Å². The number of aliphatic hydroxyl groups is 1. The average molecular weight is 266 g/mol. The lowest BCUT2D eigenvalue weighted by Gasteiger charge is -2.30. The molecule has 0 radical (unpaired) electrons. The van der Waals surface area contributed by atoms with Crippen LogP contribution in [0.15, 0.2) is 12.1 Å². The molecule has 1 aromatic heterocycles. The highest BCUT2D eigenvalue weighted by Gasteiger charge is 2.25. The molecule has 0 amide bonds. The number of aliphatic hydroxyl groups excluding tert-OH is 1. The van der Waals surface area contributed by atoms with Crippen LogP contribution in [0.5, 0.6) is 0 Å². The van der Waals surface area contributed by atoms with Gasteiger partial charge >= 0.3 is 0 Å². The van der Waals surface area contributed by atoms with E-state index in [1.165, 1.54) is 41.9 Å². The molecule has 1 aromatic rings. The topological polar surface area (TPSA) is 20.2 Å². The van der Waals surface area contributed by atoms with Gasteiger partial charge in [0.05, 0.1) is 6.10 Å². The normalized spacial score (nSPS) is 26.2. The van der Waals surface area contributed by atoms with Crippen LogP contribution in [0.4, 0.5) is 0 Å². The zero-order valence-electron chi connectivity index (χ0n) is 11.7. The summed E-state index contributed by atoms with van der Waals surface area (Å²) in [5, 5.41) is 10.4. The van der Waals surface area contributed by atoms with E-state index in [0.29, 0.717) is 5.92 Å². The second-order valence-corrected chi connectivity index (χ2v) is 6.93. The van der Waals surface area contributed by atoms with E-state index in [4.69, 9.17) is 0 Å². The summed E-state index contributed by atoms with van der Waals surface area (Å²) in [6, 6.07) is 4.41. The third-order valence-electron chi connectivity index (χ3n) is 4.49. The minimum Gasteiger partial charge on any atom is -0.392 e. The van der Waals surface area contributed by atoms with Crippen LogP contribution in [0.2, 0.25) is 0 Å². The van der Waals surface area contributed by atoms with Crippen LogP contribution < -0.4 is 0 Å². The Morgan fingerprint density at radius 1 is 1.17 bits per heavy atom. The molecule has 102 valence electrons. The van der Waals surface area contributed by atoms with Crippen LogP contribution >= 0.6 is 11.3 Å². The van der Waals surface area contributed by atoms with Crippen molar-refractivity contribution in [3.05, 3.63) is 21.9 Å². The van der Waals surface area contributed by atoms with E-state index >= 15 is 0 Å². The number of hydrogen-bond donors (Lipinski definition) is 1. The molecule has 1 nitrogen and oxygen atoms in total. The molecule has 1 atom stereocenters. The van der Waals surface area contributed by atoms with E-state index in [2.05, 4.69) is 26.0 Å². The van der Waals surface area contributed by atoms with Gasteiger partial charge in [0.15, 0.2) is 0 Å². The van der Waals surface area contributed by atoms with Crippen molar-refractivity contribution >= 4 is 11.3 Å². The van der Waals surface area contributed by atoms with Gasteiger partial charge in [0.2, 0.25) is 0 Å². The fraction of sp³-hybridized carbons (Fsp3) is 0.750. The second kappa shape index (κ2) is 6.72. The van der Waals surface area contributed by atoms with Gasteiger partial charge in [-0.3, -0.25) is 0 Å². The largest absolute Gasteiger partial charge is 0.392 e. The lowest BCUT2D eigenvalue weighted by atomic mass is 9.78. The van der Waals surface area contributed by atoms with E-state index in [1.54, 1.807) is 0 Å². The van der Waals surface area contributed by atoms with E-state index in [1.807, 2.05) is 11.3 Å². The molecular weight excluding hydrogens is 240 g/mol. The predicted molar refractivity (Wildman–Crippen MR) is 79.1 cm³/mol. The summed E-state index contributed by atoms with van der Waals surface area (Å²) in [7, 11) is 0. The van der Waals surface area contributed by atoms with E-state index in [9.17, 15) is 5.11 Å². The van der Waals surface area contributed by atoms with Gasteiger partial charge < -0.3 is 5.11 Å². The number of thiophene rings is 1. The Morgan fingerprint density at radius 2 is 1.83 bits per heavy atom. The summed E-state index contributed by atoms with van der Waals surface area (Å²) in [5.41, 5.74) is 0. The Morgan fingerprint density at radius 3 is 2.39 bits per heavy atom. The maximum absolute atomic E-state index is 10.4. The first kappa shape index (κ1) is 14.1. The highest BCUT2D eigenvalue weighted by molar-refractivity contribution is 7.11. The summed E-state index contributed by atoms with van der Waals surface area (Å²) < 4.78 is 0. The highest BCUT2D eigenvalue weighted by Crippen LogP contribution is 2.33. The molecule has 1 aliphatic rings. The Balaban J connectivity index is 1.82. The van der Waals surface area contributed by atoms with Crippen LogP contribution in [-0.4, -0.2) is 11.2 Å². The van der Waals surface area contributed by atoms with E-state index < -0.39 is 0 Å². The van der Waals surface area contributed by atoms with E-state index in [-0.39, 0.29) is 6.10 Å². The molecular formula is C16H26OS. The van der Waals surface area contributed by atoms with Gasteiger partial charge in [-0.1, -0.05) is 33.1 Å². The zero-order valence-corrected chi connectivity index (χ0v) is 12.5. The molecule has 0 spiro atoms. The van der Waals surface area contributed by atoms with Crippen LogP contribution in [0.25, 0.3) is 0 Å². The summed E-state index contributed by atoms with van der Waals surface area (Å²) in [6.45, 7) is 4.48. The first-order valence-corrected chi connectivity index (χ1v) is 8.30. The lowest BCUT2D eigenvalue weighted by Crippen LogP contribution is -2.27. The molecule has 2 rings (SSSR count). The minimum absolute atomic E-state index is 0.119. The van der Waals surface area contributed by atoms with Crippen molar-refractivity contribution in [1.82, 2.24) is 0 Å². The first-order valence-electron chi connectivity index (χ1n) is 7.48. The fourth-order valence-electron chi connectivity index (χ4n) is 3.08. The predicted octanol–water partition coefficient (Wildman–Crippen LogP) is 4.43. The smallest absolute Gasteiger partial charge is 0.0616 e. The van der Waals surface area contributed by atoms with Crippen molar-refractivity contribution in [3.63, 3.8) is 0 Å².